The normalized spacial score (nSPS) is 15.3. The molecule has 7 nitrogen and oxygen atoms in total. The van der Waals surface area contributed by atoms with Gasteiger partial charge < -0.3 is 10.4 Å². The fourth-order valence-electron chi connectivity index (χ4n) is 3.43. The first-order chi connectivity index (χ1) is 13.5. The molecule has 0 spiro atoms. The van der Waals surface area contributed by atoms with Gasteiger partial charge in [-0.15, -0.1) is 0 Å². The van der Waals surface area contributed by atoms with Gasteiger partial charge in [0.05, 0.1) is 4.90 Å². The van der Waals surface area contributed by atoms with Crippen LogP contribution >= 0.6 is 0 Å². The second-order valence-electron chi connectivity index (χ2n) is 6.97. The van der Waals surface area contributed by atoms with Gasteiger partial charge in [0.15, 0.2) is 11.6 Å². The summed E-state index contributed by atoms with van der Waals surface area (Å²) in [7, 11) is -3.68. The molecule has 0 bridgehead atoms. The summed E-state index contributed by atoms with van der Waals surface area (Å²) < 4.78 is 27.3. The molecule has 2 aromatic rings. The number of nitrogens with zero attached hydrogens (tertiary/aromatic N) is 1. The first-order valence-corrected chi connectivity index (χ1v) is 11.0. The van der Waals surface area contributed by atoms with Gasteiger partial charge in [-0.05, 0) is 48.6 Å². The number of benzene rings is 1. The number of anilines is 1. The van der Waals surface area contributed by atoms with Gasteiger partial charge in [0, 0.05) is 19.2 Å². The summed E-state index contributed by atoms with van der Waals surface area (Å²) in [6.07, 6.45) is 7.41. The van der Waals surface area contributed by atoms with E-state index in [0.717, 1.165) is 12.8 Å². The highest BCUT2D eigenvalue weighted by Gasteiger charge is 2.18. The van der Waals surface area contributed by atoms with E-state index >= 15 is 0 Å². The summed E-state index contributed by atoms with van der Waals surface area (Å²) in [6, 6.07) is 9.97. The average molecular weight is 404 g/mol. The topological polar surface area (TPSA) is 108 Å². The molecule has 1 fully saturated rings. The number of aromatic nitrogens is 1. The maximum Gasteiger partial charge on any atom is 0.240 e. The number of rotatable bonds is 7. The minimum atomic E-state index is -3.68. The number of amides is 1. The lowest BCUT2D eigenvalue weighted by Crippen LogP contribution is -2.28. The van der Waals surface area contributed by atoms with Crippen molar-refractivity contribution in [2.45, 2.75) is 49.3 Å². The molecule has 3 rings (SSSR count). The Labute approximate surface area is 165 Å². The van der Waals surface area contributed by atoms with Gasteiger partial charge >= 0.3 is 0 Å². The lowest BCUT2D eigenvalue weighted by Gasteiger charge is -2.22. The van der Waals surface area contributed by atoms with E-state index in [-0.39, 0.29) is 29.4 Å². The van der Waals surface area contributed by atoms with Gasteiger partial charge in [-0.25, -0.2) is 18.1 Å². The molecule has 0 radical (unpaired) electrons. The highest BCUT2D eigenvalue weighted by molar-refractivity contribution is 7.89. The fraction of sp³-hybridized carbons (Fsp3) is 0.400. The second kappa shape index (κ2) is 9.16. The Kier molecular flexibility index (Phi) is 6.64. The van der Waals surface area contributed by atoms with E-state index < -0.39 is 15.9 Å². The second-order valence-corrected chi connectivity index (χ2v) is 8.74. The van der Waals surface area contributed by atoms with E-state index in [2.05, 4.69) is 15.0 Å². The molecular formula is C20H25N3O4S. The minimum absolute atomic E-state index is 0.0495. The van der Waals surface area contributed by atoms with Crippen molar-refractivity contribution < 1.29 is 18.3 Å². The molecule has 3 N–H and O–H groups in total. The first-order valence-electron chi connectivity index (χ1n) is 9.49. The third-order valence-corrected chi connectivity index (χ3v) is 6.43. The van der Waals surface area contributed by atoms with Gasteiger partial charge in [-0.1, -0.05) is 31.4 Å². The molecule has 1 aliphatic carbocycles. The molecule has 1 aromatic carbocycles. The summed E-state index contributed by atoms with van der Waals surface area (Å²) in [5.74, 6) is -0.0161. The van der Waals surface area contributed by atoms with Crippen LogP contribution in [0.15, 0.2) is 47.5 Å². The zero-order chi connectivity index (χ0) is 20.0. The largest absolute Gasteiger partial charge is 0.504 e. The van der Waals surface area contributed by atoms with E-state index in [1.165, 1.54) is 37.1 Å². The number of nitrogens with one attached hydrogen (secondary N) is 2. The number of aromatic hydroxyl groups is 1. The molecule has 1 aliphatic rings. The molecule has 1 saturated carbocycles. The van der Waals surface area contributed by atoms with E-state index in [1.54, 1.807) is 18.2 Å². The van der Waals surface area contributed by atoms with Crippen molar-refractivity contribution in [3.8, 4) is 5.75 Å². The molecule has 0 atom stereocenters. The Morgan fingerprint density at radius 1 is 1.11 bits per heavy atom. The van der Waals surface area contributed by atoms with Gasteiger partial charge in [0.2, 0.25) is 15.9 Å². The molecule has 1 aromatic heterocycles. The predicted octanol–water partition coefficient (Wildman–Crippen LogP) is 3.14. The Hall–Kier alpha value is -2.45. The maximum absolute atomic E-state index is 12.4. The van der Waals surface area contributed by atoms with Gasteiger partial charge in [-0.3, -0.25) is 4.79 Å². The molecule has 1 amide bonds. The van der Waals surface area contributed by atoms with Crippen LogP contribution in [-0.2, 0) is 14.8 Å². The predicted molar refractivity (Wildman–Crippen MR) is 107 cm³/mol. The van der Waals surface area contributed by atoms with Crippen molar-refractivity contribution in [1.82, 2.24) is 9.71 Å². The number of carbonyl (C=O) groups excluding carboxylic acids is 1. The minimum Gasteiger partial charge on any atom is -0.504 e. The number of pyridine rings is 1. The Bertz CT molecular complexity index is 907. The molecule has 0 aliphatic heterocycles. The SMILES string of the molecule is O=C(CCNS(=O)(=O)c1ccc(C2CCCCC2)cc1)Nc1ncccc1O. The van der Waals surface area contributed by atoms with Crippen molar-refractivity contribution in [1.29, 1.82) is 0 Å². The van der Waals surface area contributed by atoms with Crippen LogP contribution in [0.4, 0.5) is 5.82 Å². The highest BCUT2D eigenvalue weighted by atomic mass is 32.2. The standard InChI is InChI=1S/C20H25N3O4S/c24-18-7-4-13-21-20(18)23-19(25)12-14-22-28(26,27)17-10-8-16(9-11-17)15-5-2-1-3-6-15/h4,7-11,13,15,22,24H,1-3,5-6,12,14H2,(H,21,23,25). The number of hydrogen-bond donors (Lipinski definition) is 3. The zero-order valence-corrected chi connectivity index (χ0v) is 16.4. The lowest BCUT2D eigenvalue weighted by molar-refractivity contribution is -0.116. The molecule has 8 heteroatoms. The zero-order valence-electron chi connectivity index (χ0n) is 15.6. The molecular weight excluding hydrogens is 378 g/mol. The molecule has 0 saturated heterocycles. The number of carbonyl (C=O) groups is 1. The summed E-state index contributed by atoms with van der Waals surface area (Å²) in [5, 5.41) is 12.0. The summed E-state index contributed by atoms with van der Waals surface area (Å²) in [4.78, 5) is 15.9. The lowest BCUT2D eigenvalue weighted by atomic mass is 9.84. The van der Waals surface area contributed by atoms with Crippen molar-refractivity contribution in [3.63, 3.8) is 0 Å². The van der Waals surface area contributed by atoms with Crippen molar-refractivity contribution >= 4 is 21.7 Å². The molecule has 0 unspecified atom stereocenters. The van der Waals surface area contributed by atoms with Crippen LogP contribution in [0, 0.1) is 0 Å². The Morgan fingerprint density at radius 3 is 2.50 bits per heavy atom. The number of sulfonamides is 1. The third-order valence-electron chi connectivity index (χ3n) is 4.96. The van der Waals surface area contributed by atoms with Crippen LogP contribution in [0.1, 0.15) is 50.0 Å². The van der Waals surface area contributed by atoms with E-state index in [4.69, 9.17) is 0 Å². The third kappa shape index (κ3) is 5.30. The van der Waals surface area contributed by atoms with Crippen molar-refractivity contribution in [3.05, 3.63) is 48.2 Å². The first kappa shape index (κ1) is 20.3. The maximum atomic E-state index is 12.4. The van der Waals surface area contributed by atoms with Gasteiger partial charge in [-0.2, -0.15) is 0 Å². The summed E-state index contributed by atoms with van der Waals surface area (Å²) >= 11 is 0. The van der Waals surface area contributed by atoms with E-state index in [1.807, 2.05) is 12.1 Å². The summed E-state index contributed by atoms with van der Waals surface area (Å²) in [6.45, 7) is -0.0495. The average Bonchev–Trinajstić information content (AvgIpc) is 2.70. The van der Waals surface area contributed by atoms with Crippen LogP contribution in [-0.4, -0.2) is 31.0 Å². The van der Waals surface area contributed by atoms with Crippen molar-refractivity contribution in [2.75, 3.05) is 11.9 Å². The van der Waals surface area contributed by atoms with Crippen LogP contribution in [0.2, 0.25) is 0 Å². The fourth-order valence-corrected chi connectivity index (χ4v) is 4.46. The Balaban J connectivity index is 1.52. The summed E-state index contributed by atoms with van der Waals surface area (Å²) in [5.41, 5.74) is 1.19. The van der Waals surface area contributed by atoms with Crippen molar-refractivity contribution in [2.24, 2.45) is 0 Å². The molecule has 28 heavy (non-hydrogen) atoms. The molecule has 150 valence electrons. The monoisotopic (exact) mass is 403 g/mol. The smallest absolute Gasteiger partial charge is 0.240 e. The molecule has 1 heterocycles. The highest BCUT2D eigenvalue weighted by Crippen LogP contribution is 2.32. The van der Waals surface area contributed by atoms with Crippen LogP contribution in [0.5, 0.6) is 5.75 Å². The van der Waals surface area contributed by atoms with Gasteiger partial charge in [0.25, 0.3) is 0 Å². The van der Waals surface area contributed by atoms with Gasteiger partial charge in [0.1, 0.15) is 0 Å². The Morgan fingerprint density at radius 2 is 1.82 bits per heavy atom. The van der Waals surface area contributed by atoms with Crippen LogP contribution < -0.4 is 10.0 Å². The van der Waals surface area contributed by atoms with E-state index in [0.29, 0.717) is 5.92 Å². The quantitative estimate of drug-likeness (QED) is 0.658. The van der Waals surface area contributed by atoms with E-state index in [9.17, 15) is 18.3 Å². The van der Waals surface area contributed by atoms with Crippen LogP contribution in [0.25, 0.3) is 0 Å². The van der Waals surface area contributed by atoms with Crippen LogP contribution in [0.3, 0.4) is 0 Å². The number of hydrogen-bond acceptors (Lipinski definition) is 5.